The van der Waals surface area contributed by atoms with Gasteiger partial charge in [-0.25, -0.2) is 9.48 Å². The Morgan fingerprint density at radius 2 is 1.95 bits per heavy atom. The lowest BCUT2D eigenvalue weighted by Crippen LogP contribution is -2.01. The van der Waals surface area contributed by atoms with Crippen LogP contribution in [0.1, 0.15) is 22.5 Å². The van der Waals surface area contributed by atoms with E-state index in [-0.39, 0.29) is 0 Å². The number of carboxylic acid groups (broad SMARTS) is 1. The van der Waals surface area contributed by atoms with E-state index in [1.165, 1.54) is 0 Å². The molecule has 2 rings (SSSR count). The van der Waals surface area contributed by atoms with E-state index in [2.05, 4.69) is 5.10 Å². The molecule has 0 spiro atoms. The summed E-state index contributed by atoms with van der Waals surface area (Å²) in [6.07, 6.45) is 2.72. The van der Waals surface area contributed by atoms with Crippen LogP contribution >= 0.6 is 0 Å². The fourth-order valence-corrected chi connectivity index (χ4v) is 1.94. The summed E-state index contributed by atoms with van der Waals surface area (Å²) in [6, 6.07) is 7.60. The molecule has 0 aliphatic heterocycles. The predicted octanol–water partition coefficient (Wildman–Crippen LogP) is 2.90. The van der Waals surface area contributed by atoms with Crippen LogP contribution in [-0.4, -0.2) is 20.9 Å². The molecule has 4 heteroatoms. The summed E-state index contributed by atoms with van der Waals surface area (Å²) in [5.41, 5.74) is 4.91. The normalized spacial score (nSPS) is 11.1. The summed E-state index contributed by atoms with van der Waals surface area (Å²) in [4.78, 5) is 10.6. The zero-order chi connectivity index (χ0) is 14.0. The van der Waals surface area contributed by atoms with Crippen LogP contribution in [0.25, 0.3) is 11.8 Å². The van der Waals surface area contributed by atoms with Gasteiger partial charge in [-0.3, -0.25) is 0 Å². The standard InChI is InChI=1S/C15H16N2O2/c1-10-11(2)16-17(12(10)3)14-7-5-4-6-13(14)8-9-15(18)19/h4-9H,1-3H3,(H,18,19)/b9-8+. The van der Waals surface area contributed by atoms with E-state index in [0.717, 1.165) is 34.3 Å². The smallest absolute Gasteiger partial charge is 0.328 e. The average Bonchev–Trinajstić information content (AvgIpc) is 2.64. The Morgan fingerprint density at radius 3 is 2.53 bits per heavy atom. The maximum absolute atomic E-state index is 10.6. The van der Waals surface area contributed by atoms with Crippen LogP contribution in [0.5, 0.6) is 0 Å². The van der Waals surface area contributed by atoms with Crippen LogP contribution in [0.3, 0.4) is 0 Å². The summed E-state index contributed by atoms with van der Waals surface area (Å²) in [5, 5.41) is 13.2. The maximum atomic E-state index is 10.6. The Balaban J connectivity index is 2.56. The first-order chi connectivity index (χ1) is 9.00. The van der Waals surface area contributed by atoms with Crippen molar-refractivity contribution >= 4 is 12.0 Å². The zero-order valence-electron chi connectivity index (χ0n) is 11.2. The van der Waals surface area contributed by atoms with E-state index < -0.39 is 5.97 Å². The van der Waals surface area contributed by atoms with Crippen LogP contribution in [0.15, 0.2) is 30.3 Å². The van der Waals surface area contributed by atoms with Crippen molar-refractivity contribution in [2.75, 3.05) is 0 Å². The molecule has 0 amide bonds. The van der Waals surface area contributed by atoms with Crippen molar-refractivity contribution in [3.8, 4) is 5.69 Å². The lowest BCUT2D eigenvalue weighted by molar-refractivity contribution is -0.131. The monoisotopic (exact) mass is 256 g/mol. The Bertz CT molecular complexity index is 654. The molecule has 1 N–H and O–H groups in total. The van der Waals surface area contributed by atoms with Crippen LogP contribution in [0, 0.1) is 20.8 Å². The summed E-state index contributed by atoms with van der Waals surface area (Å²) in [7, 11) is 0. The number of aryl methyl sites for hydroxylation is 1. The quantitative estimate of drug-likeness (QED) is 0.859. The molecular formula is C15H16N2O2. The zero-order valence-corrected chi connectivity index (χ0v) is 11.2. The van der Waals surface area contributed by atoms with E-state index in [9.17, 15) is 4.79 Å². The van der Waals surface area contributed by atoms with Gasteiger partial charge in [-0.05, 0) is 38.5 Å². The third-order valence-electron chi connectivity index (χ3n) is 3.22. The number of aromatic nitrogens is 2. The van der Waals surface area contributed by atoms with Crippen LogP contribution < -0.4 is 0 Å². The second-order valence-corrected chi connectivity index (χ2v) is 4.44. The number of aliphatic carboxylic acids is 1. The number of para-hydroxylation sites is 1. The largest absolute Gasteiger partial charge is 0.478 e. The van der Waals surface area contributed by atoms with Gasteiger partial charge in [0.2, 0.25) is 0 Å². The van der Waals surface area contributed by atoms with Gasteiger partial charge in [0, 0.05) is 17.3 Å². The number of benzene rings is 1. The van der Waals surface area contributed by atoms with E-state index >= 15 is 0 Å². The molecule has 1 aromatic carbocycles. The number of hydrogen-bond donors (Lipinski definition) is 1. The van der Waals surface area contributed by atoms with Crippen molar-refractivity contribution < 1.29 is 9.90 Å². The van der Waals surface area contributed by atoms with Gasteiger partial charge < -0.3 is 5.11 Å². The molecule has 0 aliphatic rings. The van der Waals surface area contributed by atoms with Gasteiger partial charge in [0.15, 0.2) is 0 Å². The first-order valence-corrected chi connectivity index (χ1v) is 6.04. The van der Waals surface area contributed by atoms with Gasteiger partial charge in [-0.15, -0.1) is 0 Å². The minimum Gasteiger partial charge on any atom is -0.478 e. The third-order valence-corrected chi connectivity index (χ3v) is 3.22. The number of carbonyl (C=O) groups is 1. The van der Waals surface area contributed by atoms with Crippen molar-refractivity contribution in [2.45, 2.75) is 20.8 Å². The van der Waals surface area contributed by atoms with Crippen molar-refractivity contribution in [3.63, 3.8) is 0 Å². The van der Waals surface area contributed by atoms with Gasteiger partial charge in [0.25, 0.3) is 0 Å². The number of nitrogens with zero attached hydrogens (tertiary/aromatic N) is 2. The molecule has 0 radical (unpaired) electrons. The summed E-state index contributed by atoms with van der Waals surface area (Å²) >= 11 is 0. The van der Waals surface area contributed by atoms with Gasteiger partial charge in [-0.2, -0.15) is 5.10 Å². The van der Waals surface area contributed by atoms with Crippen LogP contribution in [0.4, 0.5) is 0 Å². The molecule has 4 nitrogen and oxygen atoms in total. The lowest BCUT2D eigenvalue weighted by atomic mass is 10.1. The molecule has 98 valence electrons. The van der Waals surface area contributed by atoms with Gasteiger partial charge >= 0.3 is 5.97 Å². The number of carboxylic acids is 1. The van der Waals surface area contributed by atoms with Crippen LogP contribution in [0.2, 0.25) is 0 Å². The van der Waals surface area contributed by atoms with E-state index in [4.69, 9.17) is 5.11 Å². The second-order valence-electron chi connectivity index (χ2n) is 4.44. The van der Waals surface area contributed by atoms with Crippen molar-refractivity contribution in [2.24, 2.45) is 0 Å². The molecule has 0 atom stereocenters. The van der Waals surface area contributed by atoms with Crippen molar-refractivity contribution in [3.05, 3.63) is 52.9 Å². The molecule has 19 heavy (non-hydrogen) atoms. The summed E-state index contributed by atoms with van der Waals surface area (Å²) in [6.45, 7) is 6.01. The number of rotatable bonds is 3. The Kier molecular flexibility index (Phi) is 3.51. The highest BCUT2D eigenvalue weighted by Gasteiger charge is 2.10. The molecule has 0 saturated carbocycles. The predicted molar refractivity (Wildman–Crippen MR) is 74.4 cm³/mol. The first kappa shape index (κ1) is 13.1. The highest BCUT2D eigenvalue weighted by molar-refractivity contribution is 5.86. The highest BCUT2D eigenvalue weighted by Crippen LogP contribution is 2.20. The average molecular weight is 256 g/mol. The molecule has 2 aromatic rings. The number of hydrogen-bond acceptors (Lipinski definition) is 2. The molecule has 0 saturated heterocycles. The topological polar surface area (TPSA) is 55.1 Å². The minimum absolute atomic E-state index is 0.829. The SMILES string of the molecule is Cc1nn(-c2ccccc2/C=C/C(=O)O)c(C)c1C. The molecule has 1 heterocycles. The fraction of sp³-hybridized carbons (Fsp3) is 0.200. The van der Waals surface area contributed by atoms with Crippen molar-refractivity contribution in [1.82, 2.24) is 9.78 Å². The molecule has 1 aromatic heterocycles. The molecule has 0 bridgehead atoms. The maximum Gasteiger partial charge on any atom is 0.328 e. The molecular weight excluding hydrogens is 240 g/mol. The van der Waals surface area contributed by atoms with E-state index in [1.807, 2.05) is 49.7 Å². The van der Waals surface area contributed by atoms with Crippen molar-refractivity contribution in [1.29, 1.82) is 0 Å². The molecule has 0 aliphatic carbocycles. The van der Waals surface area contributed by atoms with E-state index in [0.29, 0.717) is 0 Å². The van der Waals surface area contributed by atoms with Crippen LogP contribution in [-0.2, 0) is 4.79 Å². The van der Waals surface area contributed by atoms with Gasteiger partial charge in [-0.1, -0.05) is 18.2 Å². The summed E-state index contributed by atoms with van der Waals surface area (Å²) < 4.78 is 1.85. The molecule has 0 unspecified atom stereocenters. The third kappa shape index (κ3) is 2.57. The summed E-state index contributed by atoms with van der Waals surface area (Å²) in [5.74, 6) is -0.959. The Morgan fingerprint density at radius 1 is 1.26 bits per heavy atom. The lowest BCUT2D eigenvalue weighted by Gasteiger charge is -2.08. The minimum atomic E-state index is -0.959. The second kappa shape index (κ2) is 5.10. The van der Waals surface area contributed by atoms with Gasteiger partial charge in [0.1, 0.15) is 0 Å². The Hall–Kier alpha value is -2.36. The Labute approximate surface area is 112 Å². The first-order valence-electron chi connectivity index (χ1n) is 6.04. The van der Waals surface area contributed by atoms with E-state index in [1.54, 1.807) is 6.08 Å². The highest BCUT2D eigenvalue weighted by atomic mass is 16.4. The van der Waals surface area contributed by atoms with Gasteiger partial charge in [0.05, 0.1) is 11.4 Å². The molecule has 0 fully saturated rings. The fourth-order valence-electron chi connectivity index (χ4n) is 1.94.